The van der Waals surface area contributed by atoms with E-state index in [-0.39, 0.29) is 18.8 Å². The molecule has 1 rings (SSSR count). The molecule has 8 nitrogen and oxygen atoms in total. The third-order valence-corrected chi connectivity index (χ3v) is 3.86. The lowest BCUT2D eigenvalue weighted by Crippen LogP contribution is -2.54. The number of aliphatic hydroxyl groups is 1. The standard InChI is InChI=1S/C19H29N3O5/c1-4-21-18(25)16(23)14(11-13-8-6-5-7-9-13)22-17(24)15(10-12(2)3)27-19(20)26/h5-9,12,14-16,23H,4,10-11H2,1-3H3,(H2,20,26)(H,21,25)(H,22,24)/t14-,15-,16?/m0/s1. The molecule has 150 valence electrons. The summed E-state index contributed by atoms with van der Waals surface area (Å²) < 4.78 is 4.91. The molecule has 8 heteroatoms. The monoisotopic (exact) mass is 379 g/mol. The number of benzene rings is 1. The first-order valence-electron chi connectivity index (χ1n) is 9.00. The Labute approximate surface area is 159 Å². The van der Waals surface area contributed by atoms with Crippen LogP contribution in [0.25, 0.3) is 0 Å². The van der Waals surface area contributed by atoms with E-state index in [2.05, 4.69) is 10.6 Å². The number of likely N-dealkylation sites (N-methyl/N-ethyl adjacent to an activating group) is 1. The smallest absolute Gasteiger partial charge is 0.405 e. The summed E-state index contributed by atoms with van der Waals surface area (Å²) in [4.78, 5) is 35.8. The number of amides is 3. The summed E-state index contributed by atoms with van der Waals surface area (Å²) in [5.74, 6) is -1.12. The lowest BCUT2D eigenvalue weighted by Gasteiger charge is -2.26. The van der Waals surface area contributed by atoms with E-state index in [4.69, 9.17) is 10.5 Å². The minimum absolute atomic E-state index is 0.0704. The van der Waals surface area contributed by atoms with Crippen LogP contribution >= 0.6 is 0 Å². The SMILES string of the molecule is CCNC(=O)C(O)[C@H](Cc1ccccc1)NC(=O)[C@H](CC(C)C)OC(N)=O. The molecule has 1 aromatic rings. The van der Waals surface area contributed by atoms with E-state index >= 15 is 0 Å². The van der Waals surface area contributed by atoms with E-state index in [1.807, 2.05) is 44.2 Å². The zero-order valence-electron chi connectivity index (χ0n) is 16.0. The minimum Gasteiger partial charge on any atom is -0.436 e. The molecule has 5 N–H and O–H groups in total. The van der Waals surface area contributed by atoms with Crippen LogP contribution in [0, 0.1) is 5.92 Å². The highest BCUT2D eigenvalue weighted by atomic mass is 16.6. The van der Waals surface area contributed by atoms with Gasteiger partial charge >= 0.3 is 6.09 Å². The molecule has 0 heterocycles. The van der Waals surface area contributed by atoms with Crippen molar-refractivity contribution in [2.24, 2.45) is 11.7 Å². The highest BCUT2D eigenvalue weighted by molar-refractivity contribution is 5.86. The van der Waals surface area contributed by atoms with Gasteiger partial charge in [-0.15, -0.1) is 0 Å². The van der Waals surface area contributed by atoms with Crippen molar-refractivity contribution in [3.8, 4) is 0 Å². The van der Waals surface area contributed by atoms with Crippen molar-refractivity contribution in [3.63, 3.8) is 0 Å². The molecule has 0 aromatic heterocycles. The summed E-state index contributed by atoms with van der Waals surface area (Å²) >= 11 is 0. The van der Waals surface area contributed by atoms with E-state index in [1.54, 1.807) is 6.92 Å². The quantitative estimate of drug-likeness (QED) is 0.476. The predicted octanol–water partition coefficient (Wildman–Crippen LogP) is 0.721. The Morgan fingerprint density at radius 3 is 2.30 bits per heavy atom. The first-order valence-corrected chi connectivity index (χ1v) is 9.00. The fourth-order valence-electron chi connectivity index (χ4n) is 2.62. The molecule has 0 bridgehead atoms. The Morgan fingerprint density at radius 2 is 1.78 bits per heavy atom. The molecule has 0 aliphatic rings. The van der Waals surface area contributed by atoms with Crippen LogP contribution in [0.2, 0.25) is 0 Å². The molecule has 0 saturated heterocycles. The number of rotatable bonds is 10. The highest BCUT2D eigenvalue weighted by Crippen LogP contribution is 2.12. The minimum atomic E-state index is -1.46. The zero-order chi connectivity index (χ0) is 20.4. The third-order valence-electron chi connectivity index (χ3n) is 3.86. The van der Waals surface area contributed by atoms with Gasteiger partial charge in [0.05, 0.1) is 6.04 Å². The molecule has 0 aliphatic heterocycles. The second-order valence-corrected chi connectivity index (χ2v) is 6.70. The maximum atomic E-state index is 12.6. The molecule has 0 spiro atoms. The Hall–Kier alpha value is -2.61. The van der Waals surface area contributed by atoms with E-state index in [1.165, 1.54) is 0 Å². The Kier molecular flexibility index (Phi) is 9.29. The summed E-state index contributed by atoms with van der Waals surface area (Å²) in [6, 6.07) is 8.26. The maximum Gasteiger partial charge on any atom is 0.405 e. The molecule has 0 saturated carbocycles. The Bertz CT molecular complexity index is 621. The normalized spacial score (nSPS) is 14.1. The molecule has 3 amide bonds. The zero-order valence-corrected chi connectivity index (χ0v) is 16.0. The summed E-state index contributed by atoms with van der Waals surface area (Å²) in [5, 5.41) is 15.6. The van der Waals surface area contributed by atoms with Crippen molar-refractivity contribution in [3.05, 3.63) is 35.9 Å². The second-order valence-electron chi connectivity index (χ2n) is 6.70. The predicted molar refractivity (Wildman–Crippen MR) is 101 cm³/mol. The number of nitrogens with two attached hydrogens (primary N) is 1. The molecule has 27 heavy (non-hydrogen) atoms. The number of nitrogens with one attached hydrogen (secondary N) is 2. The van der Waals surface area contributed by atoms with Crippen molar-refractivity contribution in [1.82, 2.24) is 10.6 Å². The molecule has 0 radical (unpaired) electrons. The van der Waals surface area contributed by atoms with Gasteiger partial charge in [0.15, 0.2) is 12.2 Å². The summed E-state index contributed by atoms with van der Waals surface area (Å²) in [6.45, 7) is 5.82. The van der Waals surface area contributed by atoms with Gasteiger partial charge in [-0.1, -0.05) is 44.2 Å². The van der Waals surface area contributed by atoms with Gasteiger partial charge in [-0.25, -0.2) is 4.79 Å². The third kappa shape index (κ3) is 8.08. The van der Waals surface area contributed by atoms with Gasteiger partial charge in [0.25, 0.3) is 11.8 Å². The average Bonchev–Trinajstić information content (AvgIpc) is 2.60. The lowest BCUT2D eigenvalue weighted by atomic mass is 9.99. The Balaban J connectivity index is 2.97. The van der Waals surface area contributed by atoms with E-state index in [0.29, 0.717) is 6.54 Å². The first-order chi connectivity index (χ1) is 12.7. The maximum absolute atomic E-state index is 12.6. The fourth-order valence-corrected chi connectivity index (χ4v) is 2.62. The van der Waals surface area contributed by atoms with E-state index < -0.39 is 36.2 Å². The van der Waals surface area contributed by atoms with Gasteiger partial charge in [0.2, 0.25) is 0 Å². The van der Waals surface area contributed by atoms with Crippen molar-refractivity contribution < 1.29 is 24.2 Å². The summed E-state index contributed by atoms with van der Waals surface area (Å²) in [7, 11) is 0. The number of ether oxygens (including phenoxy) is 1. The second kappa shape index (κ2) is 11.2. The van der Waals surface area contributed by atoms with Crippen LogP contribution in [0.1, 0.15) is 32.8 Å². The van der Waals surface area contributed by atoms with Crippen LogP contribution < -0.4 is 16.4 Å². The van der Waals surface area contributed by atoms with Crippen molar-refractivity contribution in [1.29, 1.82) is 0 Å². The topological polar surface area (TPSA) is 131 Å². The van der Waals surface area contributed by atoms with E-state index in [0.717, 1.165) is 5.56 Å². The fraction of sp³-hybridized carbons (Fsp3) is 0.526. The summed E-state index contributed by atoms with van der Waals surface area (Å²) in [6.07, 6.45) is -3.11. The van der Waals surface area contributed by atoms with Gasteiger partial charge < -0.3 is 26.2 Å². The average molecular weight is 379 g/mol. The van der Waals surface area contributed by atoms with Gasteiger partial charge in [-0.05, 0) is 31.2 Å². The highest BCUT2D eigenvalue weighted by Gasteiger charge is 2.31. The van der Waals surface area contributed by atoms with Gasteiger partial charge in [0.1, 0.15) is 0 Å². The van der Waals surface area contributed by atoms with Crippen molar-refractivity contribution in [2.45, 2.75) is 51.9 Å². The number of carbonyl (C=O) groups is 3. The van der Waals surface area contributed by atoms with Crippen LogP contribution in [0.5, 0.6) is 0 Å². The van der Waals surface area contributed by atoms with Gasteiger partial charge in [0, 0.05) is 6.54 Å². The lowest BCUT2D eigenvalue weighted by molar-refractivity contribution is -0.135. The van der Waals surface area contributed by atoms with Crippen molar-refractivity contribution in [2.75, 3.05) is 6.54 Å². The van der Waals surface area contributed by atoms with Crippen LogP contribution in [-0.2, 0) is 20.7 Å². The first kappa shape index (κ1) is 22.4. The Morgan fingerprint density at radius 1 is 1.15 bits per heavy atom. The number of hydrogen-bond acceptors (Lipinski definition) is 5. The molecular weight excluding hydrogens is 350 g/mol. The van der Waals surface area contributed by atoms with E-state index in [9.17, 15) is 19.5 Å². The number of hydrogen-bond donors (Lipinski definition) is 4. The number of aliphatic hydroxyl groups excluding tert-OH is 1. The summed E-state index contributed by atoms with van der Waals surface area (Å²) in [5.41, 5.74) is 5.89. The number of primary amides is 1. The molecule has 1 aromatic carbocycles. The van der Waals surface area contributed by atoms with Crippen LogP contribution in [0.3, 0.4) is 0 Å². The molecule has 0 fully saturated rings. The number of carbonyl (C=O) groups excluding carboxylic acids is 3. The van der Waals surface area contributed by atoms with Crippen LogP contribution in [0.4, 0.5) is 4.79 Å². The van der Waals surface area contributed by atoms with Gasteiger partial charge in [-0.2, -0.15) is 0 Å². The molecule has 3 atom stereocenters. The van der Waals surface area contributed by atoms with Crippen LogP contribution in [0.15, 0.2) is 30.3 Å². The largest absolute Gasteiger partial charge is 0.436 e. The van der Waals surface area contributed by atoms with Gasteiger partial charge in [-0.3, -0.25) is 9.59 Å². The molecular formula is C19H29N3O5. The molecule has 0 aliphatic carbocycles. The molecule has 1 unspecified atom stereocenters. The van der Waals surface area contributed by atoms with Crippen LogP contribution in [-0.4, -0.2) is 47.8 Å². The van der Waals surface area contributed by atoms with Crippen molar-refractivity contribution >= 4 is 17.9 Å².